The number of piperidine rings is 1. The Morgan fingerprint density at radius 1 is 1.00 bits per heavy atom. The quantitative estimate of drug-likeness (QED) is 0.531. The lowest BCUT2D eigenvalue weighted by Crippen LogP contribution is -2.34. The van der Waals surface area contributed by atoms with Crippen molar-refractivity contribution in [2.24, 2.45) is 0 Å². The van der Waals surface area contributed by atoms with Crippen LogP contribution in [0.1, 0.15) is 24.6 Å². The number of anilines is 1. The van der Waals surface area contributed by atoms with Crippen LogP contribution in [-0.4, -0.2) is 58.1 Å². The highest BCUT2D eigenvalue weighted by Crippen LogP contribution is 2.29. The molecule has 5 rings (SSSR count). The Kier molecular flexibility index (Phi) is 3.85. The van der Waals surface area contributed by atoms with Gasteiger partial charge in [-0.3, -0.25) is 0 Å². The molecule has 5 heterocycles. The first-order valence-corrected chi connectivity index (χ1v) is 8.74. The molecule has 134 valence electrons. The molecule has 0 amide bonds. The summed E-state index contributed by atoms with van der Waals surface area (Å²) < 4.78 is 1.64. The monoisotopic (exact) mass is 360 g/mol. The lowest BCUT2D eigenvalue weighted by Gasteiger charge is -2.31. The molecule has 0 N–H and O–H groups in total. The topological polar surface area (TPSA) is 111 Å². The Balaban J connectivity index is 1.34. The molecule has 1 fully saturated rings. The van der Waals surface area contributed by atoms with E-state index in [1.54, 1.807) is 35.5 Å². The summed E-state index contributed by atoms with van der Waals surface area (Å²) >= 11 is 0. The molecule has 0 spiro atoms. The van der Waals surface area contributed by atoms with Gasteiger partial charge < -0.3 is 4.90 Å². The lowest BCUT2D eigenvalue weighted by molar-refractivity contribution is 0.484. The van der Waals surface area contributed by atoms with E-state index in [-0.39, 0.29) is 0 Å². The largest absolute Gasteiger partial charge is 0.353 e. The Morgan fingerprint density at radius 2 is 1.85 bits per heavy atom. The first-order valence-electron chi connectivity index (χ1n) is 8.74. The predicted octanol–water partition coefficient (Wildman–Crippen LogP) is 1.15. The molecule has 0 aromatic carbocycles. The summed E-state index contributed by atoms with van der Waals surface area (Å²) in [5.74, 6) is 1.99. The van der Waals surface area contributed by atoms with Crippen LogP contribution in [0.4, 0.5) is 5.82 Å². The average Bonchev–Trinajstić information content (AvgIpc) is 3.24. The maximum absolute atomic E-state index is 4.74. The average molecular weight is 360 g/mol. The van der Waals surface area contributed by atoms with Gasteiger partial charge in [-0.1, -0.05) is 0 Å². The molecular formula is C17H16N10. The minimum Gasteiger partial charge on any atom is -0.353 e. The van der Waals surface area contributed by atoms with Crippen LogP contribution in [0.5, 0.6) is 0 Å². The van der Waals surface area contributed by atoms with Gasteiger partial charge in [0.15, 0.2) is 5.82 Å². The molecule has 4 aromatic heterocycles. The Hall–Kier alpha value is -3.56. The van der Waals surface area contributed by atoms with Crippen LogP contribution >= 0.6 is 0 Å². The maximum Gasteiger partial charge on any atom is 0.221 e. The summed E-state index contributed by atoms with van der Waals surface area (Å²) in [6.45, 7) is 1.71. The lowest BCUT2D eigenvalue weighted by atomic mass is 9.95. The molecule has 1 aliphatic rings. The van der Waals surface area contributed by atoms with Crippen molar-refractivity contribution in [2.75, 3.05) is 18.0 Å². The molecule has 0 saturated carbocycles. The fourth-order valence-electron chi connectivity index (χ4n) is 3.40. The van der Waals surface area contributed by atoms with Crippen molar-refractivity contribution < 1.29 is 0 Å². The number of hydrogen-bond acceptors (Lipinski definition) is 9. The summed E-state index contributed by atoms with van der Waals surface area (Å²) in [6, 6.07) is 1.89. The summed E-state index contributed by atoms with van der Waals surface area (Å²) in [5, 5.41) is 11.7. The van der Waals surface area contributed by atoms with Crippen LogP contribution in [0.2, 0.25) is 0 Å². The molecular weight excluding hydrogens is 344 g/mol. The highest BCUT2D eigenvalue weighted by Gasteiger charge is 2.25. The summed E-state index contributed by atoms with van der Waals surface area (Å²) in [7, 11) is 0. The van der Waals surface area contributed by atoms with Crippen LogP contribution in [0.3, 0.4) is 0 Å². The molecule has 0 radical (unpaired) electrons. The van der Waals surface area contributed by atoms with Gasteiger partial charge in [0.1, 0.15) is 12.2 Å². The van der Waals surface area contributed by atoms with E-state index in [1.807, 2.05) is 6.07 Å². The zero-order valence-electron chi connectivity index (χ0n) is 14.4. The molecule has 0 bridgehead atoms. The molecule has 4 aromatic rings. The fraction of sp³-hybridized carbons (Fsp3) is 0.294. The predicted molar refractivity (Wildman–Crippen MR) is 95.8 cm³/mol. The summed E-state index contributed by atoms with van der Waals surface area (Å²) in [4.78, 5) is 24.1. The minimum absolute atomic E-state index is 0.307. The minimum atomic E-state index is 0.307. The second kappa shape index (κ2) is 6.63. The SMILES string of the molecule is c1ncc(-c2ccnc(C3CCN(c4nccn5nnnc45)CC3)n2)cn1. The molecule has 0 aliphatic carbocycles. The van der Waals surface area contributed by atoms with Crippen molar-refractivity contribution in [3.63, 3.8) is 0 Å². The van der Waals surface area contributed by atoms with E-state index in [1.165, 1.54) is 6.33 Å². The van der Waals surface area contributed by atoms with E-state index >= 15 is 0 Å². The van der Waals surface area contributed by atoms with Crippen molar-refractivity contribution in [3.05, 3.63) is 49.2 Å². The zero-order valence-corrected chi connectivity index (χ0v) is 14.4. The first-order chi connectivity index (χ1) is 13.4. The number of fused-ring (bicyclic) bond motifs is 1. The second-order valence-corrected chi connectivity index (χ2v) is 6.39. The van der Waals surface area contributed by atoms with Crippen LogP contribution in [-0.2, 0) is 0 Å². The third-order valence-electron chi connectivity index (χ3n) is 4.79. The normalized spacial score (nSPS) is 15.3. The van der Waals surface area contributed by atoms with Gasteiger partial charge in [-0.2, -0.15) is 4.52 Å². The van der Waals surface area contributed by atoms with Gasteiger partial charge in [-0.25, -0.2) is 24.9 Å². The van der Waals surface area contributed by atoms with Gasteiger partial charge in [-0.15, -0.1) is 5.10 Å². The van der Waals surface area contributed by atoms with Gasteiger partial charge in [-0.05, 0) is 29.3 Å². The number of aromatic nitrogens is 9. The summed E-state index contributed by atoms with van der Waals surface area (Å²) in [5.41, 5.74) is 2.43. The van der Waals surface area contributed by atoms with Crippen LogP contribution in [0.25, 0.3) is 16.9 Å². The zero-order chi connectivity index (χ0) is 18.1. The smallest absolute Gasteiger partial charge is 0.221 e. The first kappa shape index (κ1) is 15.7. The third kappa shape index (κ3) is 2.94. The number of rotatable bonds is 3. The van der Waals surface area contributed by atoms with E-state index in [4.69, 9.17) is 4.98 Å². The van der Waals surface area contributed by atoms with E-state index in [9.17, 15) is 0 Å². The van der Waals surface area contributed by atoms with Crippen molar-refractivity contribution in [1.29, 1.82) is 0 Å². The van der Waals surface area contributed by atoms with Crippen molar-refractivity contribution >= 4 is 11.5 Å². The number of tetrazole rings is 1. The Bertz CT molecular complexity index is 1060. The molecule has 10 heteroatoms. The molecule has 0 unspecified atom stereocenters. The van der Waals surface area contributed by atoms with Gasteiger partial charge in [0.05, 0.1) is 11.9 Å². The molecule has 10 nitrogen and oxygen atoms in total. The molecule has 27 heavy (non-hydrogen) atoms. The third-order valence-corrected chi connectivity index (χ3v) is 4.79. The van der Waals surface area contributed by atoms with Gasteiger partial charge in [0.25, 0.3) is 0 Å². The van der Waals surface area contributed by atoms with Gasteiger partial charge >= 0.3 is 0 Å². The Morgan fingerprint density at radius 3 is 2.70 bits per heavy atom. The molecule has 1 saturated heterocycles. The molecule has 0 atom stereocenters. The standard InChI is InChI=1S/C17H16N10/c1-4-20-15(22-14(1)13-9-18-11-19-10-13)12-2-6-26(7-3-12)16-17-23-24-25-27(17)8-5-21-16/h1,4-5,8-12H,2-3,6-7H2. The summed E-state index contributed by atoms with van der Waals surface area (Å²) in [6.07, 6.45) is 12.2. The van der Waals surface area contributed by atoms with Crippen LogP contribution in [0, 0.1) is 0 Å². The maximum atomic E-state index is 4.74. The highest BCUT2D eigenvalue weighted by molar-refractivity contribution is 5.62. The number of hydrogen-bond donors (Lipinski definition) is 0. The van der Waals surface area contributed by atoms with Crippen molar-refractivity contribution in [1.82, 2.24) is 45.0 Å². The molecule has 1 aliphatic heterocycles. The van der Waals surface area contributed by atoms with Gasteiger partial charge in [0, 0.05) is 49.4 Å². The van der Waals surface area contributed by atoms with E-state index in [2.05, 4.69) is 40.4 Å². The van der Waals surface area contributed by atoms with Crippen molar-refractivity contribution in [2.45, 2.75) is 18.8 Å². The van der Waals surface area contributed by atoms with E-state index in [0.29, 0.717) is 11.6 Å². The fourth-order valence-corrected chi connectivity index (χ4v) is 3.40. The second-order valence-electron chi connectivity index (χ2n) is 6.39. The van der Waals surface area contributed by atoms with Crippen LogP contribution < -0.4 is 4.90 Å². The number of nitrogens with zero attached hydrogens (tertiary/aromatic N) is 10. The Labute approximate surface area is 154 Å². The van der Waals surface area contributed by atoms with E-state index in [0.717, 1.165) is 48.8 Å². The van der Waals surface area contributed by atoms with E-state index < -0.39 is 0 Å². The van der Waals surface area contributed by atoms with Crippen LogP contribution in [0.15, 0.2) is 43.4 Å². The van der Waals surface area contributed by atoms with Crippen molar-refractivity contribution in [3.8, 4) is 11.3 Å². The highest BCUT2D eigenvalue weighted by atomic mass is 15.5. The van der Waals surface area contributed by atoms with Gasteiger partial charge in [0.2, 0.25) is 5.65 Å².